The van der Waals surface area contributed by atoms with Gasteiger partial charge in [0, 0.05) is 0 Å². The fourth-order valence-electron chi connectivity index (χ4n) is 1.54. The standard InChI is InChI=1S/C11H13FO/c1-7-6-9(4-5-10(7)12)11(13)8-2-3-8/h4-6,8,11,13H,2-3H2,1H3/t11-/m1/s1. The molecule has 1 aliphatic rings. The molecule has 1 nitrogen and oxygen atoms in total. The van der Waals surface area contributed by atoms with Gasteiger partial charge in [-0.1, -0.05) is 12.1 Å². The molecule has 0 aliphatic heterocycles. The molecule has 0 spiro atoms. The lowest BCUT2D eigenvalue weighted by atomic mass is 10.0. The van der Waals surface area contributed by atoms with Crippen molar-refractivity contribution in [3.05, 3.63) is 35.1 Å². The van der Waals surface area contributed by atoms with Gasteiger partial charge in [-0.25, -0.2) is 4.39 Å². The van der Waals surface area contributed by atoms with Crippen molar-refractivity contribution < 1.29 is 9.50 Å². The minimum Gasteiger partial charge on any atom is -0.388 e. The predicted molar refractivity (Wildman–Crippen MR) is 48.8 cm³/mol. The van der Waals surface area contributed by atoms with Gasteiger partial charge in [0.15, 0.2) is 0 Å². The van der Waals surface area contributed by atoms with Gasteiger partial charge in [-0.15, -0.1) is 0 Å². The third-order valence-electron chi connectivity index (χ3n) is 2.59. The molecule has 1 fully saturated rings. The first kappa shape index (κ1) is 8.70. The first-order chi connectivity index (χ1) is 6.18. The van der Waals surface area contributed by atoms with Gasteiger partial charge >= 0.3 is 0 Å². The van der Waals surface area contributed by atoms with Crippen LogP contribution in [0, 0.1) is 18.7 Å². The number of benzene rings is 1. The van der Waals surface area contributed by atoms with E-state index in [1.165, 1.54) is 6.07 Å². The SMILES string of the molecule is Cc1cc([C@H](O)C2CC2)ccc1F. The highest BCUT2D eigenvalue weighted by Crippen LogP contribution is 2.40. The predicted octanol–water partition coefficient (Wildman–Crippen LogP) is 2.58. The zero-order chi connectivity index (χ0) is 9.42. The van der Waals surface area contributed by atoms with Gasteiger partial charge in [0.2, 0.25) is 0 Å². The summed E-state index contributed by atoms with van der Waals surface area (Å²) in [6, 6.07) is 4.83. The van der Waals surface area contributed by atoms with Crippen LogP contribution in [0.5, 0.6) is 0 Å². The molecule has 0 saturated heterocycles. The van der Waals surface area contributed by atoms with Crippen LogP contribution < -0.4 is 0 Å². The Labute approximate surface area is 77.2 Å². The Kier molecular flexibility index (Phi) is 2.08. The van der Waals surface area contributed by atoms with Crippen LogP contribution in [-0.4, -0.2) is 5.11 Å². The monoisotopic (exact) mass is 180 g/mol. The molecule has 13 heavy (non-hydrogen) atoms. The molecule has 2 heteroatoms. The number of hydrogen-bond acceptors (Lipinski definition) is 1. The quantitative estimate of drug-likeness (QED) is 0.741. The van der Waals surface area contributed by atoms with Crippen LogP contribution >= 0.6 is 0 Å². The van der Waals surface area contributed by atoms with Crippen LogP contribution in [0.15, 0.2) is 18.2 Å². The van der Waals surface area contributed by atoms with Crippen molar-refractivity contribution in [1.29, 1.82) is 0 Å². The van der Waals surface area contributed by atoms with Crippen molar-refractivity contribution in [3.8, 4) is 0 Å². The molecule has 1 atom stereocenters. The lowest BCUT2D eigenvalue weighted by molar-refractivity contribution is 0.153. The Morgan fingerprint density at radius 1 is 1.46 bits per heavy atom. The van der Waals surface area contributed by atoms with E-state index in [4.69, 9.17) is 0 Å². The summed E-state index contributed by atoms with van der Waals surface area (Å²) >= 11 is 0. The molecule has 1 N–H and O–H groups in total. The van der Waals surface area contributed by atoms with E-state index in [2.05, 4.69) is 0 Å². The highest BCUT2D eigenvalue weighted by molar-refractivity contribution is 5.26. The Morgan fingerprint density at radius 2 is 2.15 bits per heavy atom. The number of rotatable bonds is 2. The summed E-state index contributed by atoms with van der Waals surface area (Å²) in [5, 5.41) is 9.75. The fourth-order valence-corrected chi connectivity index (χ4v) is 1.54. The minimum absolute atomic E-state index is 0.202. The van der Waals surface area contributed by atoms with E-state index in [1.54, 1.807) is 19.1 Å². The summed E-state index contributed by atoms with van der Waals surface area (Å²) in [7, 11) is 0. The highest BCUT2D eigenvalue weighted by Gasteiger charge is 2.30. The third-order valence-corrected chi connectivity index (χ3v) is 2.59. The van der Waals surface area contributed by atoms with E-state index < -0.39 is 0 Å². The summed E-state index contributed by atoms with van der Waals surface area (Å²) in [4.78, 5) is 0. The van der Waals surface area contributed by atoms with E-state index in [9.17, 15) is 9.50 Å². The summed E-state index contributed by atoms with van der Waals surface area (Å²) in [5.41, 5.74) is 1.46. The zero-order valence-corrected chi connectivity index (χ0v) is 7.63. The van der Waals surface area contributed by atoms with Crippen LogP contribution in [-0.2, 0) is 0 Å². The second kappa shape index (κ2) is 3.11. The number of aliphatic hydroxyl groups excluding tert-OH is 1. The van der Waals surface area contributed by atoms with Gasteiger partial charge in [0.05, 0.1) is 6.10 Å². The van der Waals surface area contributed by atoms with Gasteiger partial charge < -0.3 is 5.11 Å². The van der Waals surface area contributed by atoms with Crippen LogP contribution in [0.25, 0.3) is 0 Å². The average molecular weight is 180 g/mol. The maximum absolute atomic E-state index is 12.9. The summed E-state index contributed by atoms with van der Waals surface area (Å²) in [6.45, 7) is 1.72. The Bertz CT molecular complexity index is 318. The Balaban J connectivity index is 2.24. The van der Waals surface area contributed by atoms with Crippen LogP contribution in [0.4, 0.5) is 4.39 Å². The van der Waals surface area contributed by atoms with E-state index in [1.807, 2.05) is 0 Å². The van der Waals surface area contributed by atoms with E-state index in [0.29, 0.717) is 11.5 Å². The van der Waals surface area contributed by atoms with Crippen molar-refractivity contribution in [2.45, 2.75) is 25.9 Å². The van der Waals surface area contributed by atoms with E-state index in [-0.39, 0.29) is 11.9 Å². The molecule has 1 aromatic rings. The first-order valence-electron chi connectivity index (χ1n) is 4.62. The van der Waals surface area contributed by atoms with Gasteiger partial charge in [-0.05, 0) is 42.9 Å². The highest BCUT2D eigenvalue weighted by atomic mass is 19.1. The normalized spacial score (nSPS) is 18.7. The maximum atomic E-state index is 12.9. The van der Waals surface area contributed by atoms with Crippen molar-refractivity contribution >= 4 is 0 Å². The van der Waals surface area contributed by atoms with E-state index >= 15 is 0 Å². The summed E-state index contributed by atoms with van der Waals surface area (Å²) in [6.07, 6.45) is 1.80. The van der Waals surface area contributed by atoms with Crippen molar-refractivity contribution in [3.63, 3.8) is 0 Å². The van der Waals surface area contributed by atoms with Crippen LogP contribution in [0.2, 0.25) is 0 Å². The van der Waals surface area contributed by atoms with Crippen molar-refractivity contribution in [2.24, 2.45) is 5.92 Å². The first-order valence-corrected chi connectivity index (χ1v) is 4.62. The molecule has 0 amide bonds. The lowest BCUT2D eigenvalue weighted by Gasteiger charge is -2.10. The lowest BCUT2D eigenvalue weighted by Crippen LogP contribution is -2.00. The fraction of sp³-hybridized carbons (Fsp3) is 0.455. The number of aliphatic hydroxyl groups is 1. The molecule has 0 aromatic heterocycles. The molecular weight excluding hydrogens is 167 g/mol. The zero-order valence-electron chi connectivity index (χ0n) is 7.63. The topological polar surface area (TPSA) is 20.2 Å². The molecule has 1 saturated carbocycles. The van der Waals surface area contributed by atoms with Crippen LogP contribution in [0.1, 0.15) is 30.1 Å². The maximum Gasteiger partial charge on any atom is 0.126 e. The summed E-state index contributed by atoms with van der Waals surface area (Å²) in [5.74, 6) is 0.205. The minimum atomic E-state index is -0.390. The molecular formula is C11H13FO. The molecule has 0 unspecified atom stereocenters. The Morgan fingerprint density at radius 3 is 2.69 bits per heavy atom. The molecule has 2 rings (SSSR count). The molecule has 1 aromatic carbocycles. The van der Waals surface area contributed by atoms with Gasteiger partial charge in [0.25, 0.3) is 0 Å². The second-order valence-corrected chi connectivity index (χ2v) is 3.79. The molecule has 0 heterocycles. The van der Waals surface area contributed by atoms with E-state index in [0.717, 1.165) is 18.4 Å². The molecule has 1 aliphatic carbocycles. The molecule has 0 bridgehead atoms. The number of aryl methyl sites for hydroxylation is 1. The summed E-state index contributed by atoms with van der Waals surface area (Å²) < 4.78 is 12.9. The van der Waals surface area contributed by atoms with Crippen molar-refractivity contribution in [2.75, 3.05) is 0 Å². The van der Waals surface area contributed by atoms with Gasteiger partial charge in [0.1, 0.15) is 5.82 Å². The van der Waals surface area contributed by atoms with Crippen molar-refractivity contribution in [1.82, 2.24) is 0 Å². The van der Waals surface area contributed by atoms with Gasteiger partial charge in [-0.2, -0.15) is 0 Å². The smallest absolute Gasteiger partial charge is 0.126 e. The largest absolute Gasteiger partial charge is 0.388 e. The van der Waals surface area contributed by atoms with Crippen LogP contribution in [0.3, 0.4) is 0 Å². The number of halogens is 1. The third kappa shape index (κ3) is 1.73. The number of hydrogen-bond donors (Lipinski definition) is 1. The molecule has 0 radical (unpaired) electrons. The second-order valence-electron chi connectivity index (χ2n) is 3.79. The molecule has 70 valence electrons. The average Bonchev–Trinajstić information content (AvgIpc) is 2.91. The van der Waals surface area contributed by atoms with Gasteiger partial charge in [-0.3, -0.25) is 0 Å². The Hall–Kier alpha value is -0.890.